The lowest BCUT2D eigenvalue weighted by molar-refractivity contribution is 0.149. The summed E-state index contributed by atoms with van der Waals surface area (Å²) in [5.74, 6) is 0. The van der Waals surface area contributed by atoms with E-state index in [0.717, 1.165) is 32.5 Å². The van der Waals surface area contributed by atoms with Crippen LogP contribution in [0.3, 0.4) is 0 Å². The zero-order chi connectivity index (χ0) is 11.8. The van der Waals surface area contributed by atoms with E-state index in [-0.39, 0.29) is 0 Å². The third-order valence-corrected chi connectivity index (χ3v) is 2.68. The van der Waals surface area contributed by atoms with Crippen LogP contribution in [-0.4, -0.2) is 29.8 Å². The van der Waals surface area contributed by atoms with E-state index in [4.69, 9.17) is 4.74 Å². The molecule has 0 fully saturated rings. The summed E-state index contributed by atoms with van der Waals surface area (Å²) in [7, 11) is 1.75. The third-order valence-electron chi connectivity index (χ3n) is 2.68. The Balaban J connectivity index is 2.69. The summed E-state index contributed by atoms with van der Waals surface area (Å²) in [6.45, 7) is 6.92. The van der Waals surface area contributed by atoms with E-state index < -0.39 is 0 Å². The molecular weight excluding hydrogens is 202 g/mol. The second-order valence-corrected chi connectivity index (χ2v) is 3.97. The molecule has 0 amide bonds. The first kappa shape index (κ1) is 13.2. The predicted molar refractivity (Wildman–Crippen MR) is 65.4 cm³/mol. The highest BCUT2D eigenvalue weighted by Crippen LogP contribution is 2.16. The number of hydrogen-bond donors (Lipinski definition) is 1. The molecule has 0 spiro atoms. The maximum absolute atomic E-state index is 5.27. The van der Waals surface area contributed by atoms with Gasteiger partial charge < -0.3 is 14.6 Å². The molecule has 0 aliphatic carbocycles. The minimum atomic E-state index is 0.408. The number of methoxy groups -OCH3 is 1. The van der Waals surface area contributed by atoms with Gasteiger partial charge in [-0.25, -0.2) is 4.98 Å². The van der Waals surface area contributed by atoms with Crippen LogP contribution >= 0.6 is 0 Å². The van der Waals surface area contributed by atoms with Gasteiger partial charge in [0.15, 0.2) is 0 Å². The number of aromatic nitrogens is 2. The van der Waals surface area contributed by atoms with E-state index in [0.29, 0.717) is 6.04 Å². The van der Waals surface area contributed by atoms with Gasteiger partial charge >= 0.3 is 0 Å². The minimum Gasteiger partial charge on any atom is -0.383 e. The Hall–Kier alpha value is -0.870. The Kier molecular flexibility index (Phi) is 6.11. The molecule has 4 nitrogen and oxygen atoms in total. The van der Waals surface area contributed by atoms with Crippen molar-refractivity contribution in [2.24, 2.45) is 0 Å². The van der Waals surface area contributed by atoms with Crippen LogP contribution < -0.4 is 5.32 Å². The monoisotopic (exact) mass is 225 g/mol. The van der Waals surface area contributed by atoms with Crippen LogP contribution in [0.4, 0.5) is 0 Å². The molecule has 1 atom stereocenters. The molecule has 1 aromatic rings. The number of ether oxygens (including phenoxy) is 1. The fourth-order valence-corrected chi connectivity index (χ4v) is 1.88. The van der Waals surface area contributed by atoms with Crippen LogP contribution in [0.1, 0.15) is 38.4 Å². The lowest BCUT2D eigenvalue weighted by Gasteiger charge is -2.19. The van der Waals surface area contributed by atoms with Gasteiger partial charge in [-0.1, -0.05) is 20.3 Å². The highest BCUT2D eigenvalue weighted by atomic mass is 16.5. The normalized spacial score (nSPS) is 12.9. The Bertz CT molecular complexity index is 280. The zero-order valence-electron chi connectivity index (χ0n) is 10.6. The van der Waals surface area contributed by atoms with Gasteiger partial charge in [-0.2, -0.15) is 0 Å². The highest BCUT2D eigenvalue weighted by Gasteiger charge is 2.12. The van der Waals surface area contributed by atoms with Gasteiger partial charge in [-0.3, -0.25) is 0 Å². The summed E-state index contributed by atoms with van der Waals surface area (Å²) >= 11 is 0. The average Bonchev–Trinajstić information content (AvgIpc) is 2.74. The van der Waals surface area contributed by atoms with E-state index in [2.05, 4.69) is 28.7 Å². The molecular formula is C12H23N3O. The first-order valence-electron chi connectivity index (χ1n) is 6.03. The molecule has 92 valence electrons. The van der Waals surface area contributed by atoms with Gasteiger partial charge in [0.1, 0.15) is 0 Å². The van der Waals surface area contributed by atoms with Crippen molar-refractivity contribution < 1.29 is 4.74 Å². The van der Waals surface area contributed by atoms with Gasteiger partial charge in [0.25, 0.3) is 0 Å². The first-order valence-corrected chi connectivity index (χ1v) is 6.03. The summed E-state index contributed by atoms with van der Waals surface area (Å²) < 4.78 is 7.50. The fourth-order valence-electron chi connectivity index (χ4n) is 1.88. The summed E-state index contributed by atoms with van der Waals surface area (Å²) in [6.07, 6.45) is 6.13. The number of hydrogen-bond acceptors (Lipinski definition) is 3. The summed E-state index contributed by atoms with van der Waals surface area (Å²) in [5.41, 5.74) is 1.23. The average molecular weight is 225 g/mol. The van der Waals surface area contributed by atoms with Crippen molar-refractivity contribution in [3.63, 3.8) is 0 Å². The van der Waals surface area contributed by atoms with Crippen molar-refractivity contribution in [2.45, 2.75) is 39.3 Å². The van der Waals surface area contributed by atoms with Crippen LogP contribution in [-0.2, 0) is 11.3 Å². The van der Waals surface area contributed by atoms with Crippen LogP contribution in [0.5, 0.6) is 0 Å². The van der Waals surface area contributed by atoms with Gasteiger partial charge in [0, 0.05) is 19.9 Å². The Labute approximate surface area is 98.0 Å². The molecule has 0 saturated carbocycles. The van der Waals surface area contributed by atoms with Crippen LogP contribution in [0.25, 0.3) is 0 Å². The standard InChI is InChI=1S/C12H23N3O/c1-4-6-11(9-16-3)15-10-14-8-12(15)7-13-5-2/h8,10-11,13H,4-7,9H2,1-3H3. The molecule has 4 heteroatoms. The van der Waals surface area contributed by atoms with Gasteiger partial charge in [-0.15, -0.1) is 0 Å². The van der Waals surface area contributed by atoms with E-state index in [9.17, 15) is 0 Å². The topological polar surface area (TPSA) is 39.1 Å². The number of nitrogens with zero attached hydrogens (tertiary/aromatic N) is 2. The van der Waals surface area contributed by atoms with E-state index in [1.807, 2.05) is 12.5 Å². The van der Waals surface area contributed by atoms with Crippen molar-refractivity contribution in [1.82, 2.24) is 14.9 Å². The minimum absolute atomic E-state index is 0.408. The van der Waals surface area contributed by atoms with Gasteiger partial charge in [0.05, 0.1) is 24.7 Å². The van der Waals surface area contributed by atoms with Gasteiger partial charge in [0.2, 0.25) is 0 Å². The first-order chi connectivity index (χ1) is 7.83. The lowest BCUT2D eigenvalue weighted by atomic mass is 10.1. The van der Waals surface area contributed by atoms with Crippen molar-refractivity contribution in [1.29, 1.82) is 0 Å². The largest absolute Gasteiger partial charge is 0.383 e. The fraction of sp³-hybridized carbons (Fsp3) is 0.750. The maximum Gasteiger partial charge on any atom is 0.0952 e. The molecule has 1 rings (SSSR count). The predicted octanol–water partition coefficient (Wildman–Crippen LogP) is 1.98. The van der Waals surface area contributed by atoms with Crippen molar-refractivity contribution in [3.8, 4) is 0 Å². The molecule has 0 aliphatic rings. The Morgan fingerprint density at radius 3 is 2.94 bits per heavy atom. The SMILES string of the molecule is CCCC(COC)n1cncc1CNCC. The molecule has 16 heavy (non-hydrogen) atoms. The van der Waals surface area contributed by atoms with Crippen LogP contribution in [0.15, 0.2) is 12.5 Å². The molecule has 1 unspecified atom stereocenters. The molecule has 0 saturated heterocycles. The van der Waals surface area contributed by atoms with Crippen molar-refractivity contribution >= 4 is 0 Å². The highest BCUT2D eigenvalue weighted by molar-refractivity contribution is 5.00. The molecule has 0 aliphatic heterocycles. The second kappa shape index (κ2) is 7.41. The van der Waals surface area contributed by atoms with Crippen LogP contribution in [0, 0.1) is 0 Å². The molecule has 1 N–H and O–H groups in total. The smallest absolute Gasteiger partial charge is 0.0952 e. The van der Waals surface area contributed by atoms with Crippen molar-refractivity contribution in [2.75, 3.05) is 20.3 Å². The Morgan fingerprint density at radius 1 is 1.50 bits per heavy atom. The quantitative estimate of drug-likeness (QED) is 0.735. The molecule has 1 aromatic heterocycles. The number of imidazole rings is 1. The van der Waals surface area contributed by atoms with E-state index in [1.54, 1.807) is 7.11 Å². The summed E-state index contributed by atoms with van der Waals surface area (Å²) in [4.78, 5) is 4.23. The van der Waals surface area contributed by atoms with Gasteiger partial charge in [-0.05, 0) is 13.0 Å². The zero-order valence-corrected chi connectivity index (χ0v) is 10.6. The molecule has 0 bridgehead atoms. The summed E-state index contributed by atoms with van der Waals surface area (Å²) in [6, 6.07) is 0.408. The van der Waals surface area contributed by atoms with Crippen molar-refractivity contribution in [3.05, 3.63) is 18.2 Å². The lowest BCUT2D eigenvalue weighted by Crippen LogP contribution is -2.20. The Morgan fingerprint density at radius 2 is 2.31 bits per heavy atom. The number of rotatable bonds is 8. The van der Waals surface area contributed by atoms with E-state index >= 15 is 0 Å². The van der Waals surface area contributed by atoms with E-state index in [1.165, 1.54) is 5.69 Å². The molecule has 1 heterocycles. The number of nitrogens with one attached hydrogen (secondary N) is 1. The molecule has 0 radical (unpaired) electrons. The third kappa shape index (κ3) is 3.61. The summed E-state index contributed by atoms with van der Waals surface area (Å²) in [5, 5.41) is 3.33. The molecule has 0 aromatic carbocycles. The maximum atomic E-state index is 5.27. The van der Waals surface area contributed by atoms with Crippen LogP contribution in [0.2, 0.25) is 0 Å². The second-order valence-electron chi connectivity index (χ2n) is 3.97.